The fraction of sp³-hybridized carbons (Fsp3) is 0.263. The van der Waals surface area contributed by atoms with Crippen LogP contribution in [0.1, 0.15) is 12.8 Å². The quantitative estimate of drug-likeness (QED) is 0.894. The van der Waals surface area contributed by atoms with Crippen molar-refractivity contribution in [3.05, 3.63) is 60.4 Å². The molecule has 0 unspecified atom stereocenters. The lowest BCUT2D eigenvalue weighted by Crippen LogP contribution is -2.43. The molecule has 0 radical (unpaired) electrons. The fourth-order valence-electron chi connectivity index (χ4n) is 2.87. The summed E-state index contributed by atoms with van der Waals surface area (Å²) in [5, 5.41) is 5.47. The minimum atomic E-state index is -0.449. The number of para-hydroxylation sites is 2. The normalized spacial score (nSPS) is 14.8. The summed E-state index contributed by atoms with van der Waals surface area (Å²) in [6.45, 7) is 0.988. The van der Waals surface area contributed by atoms with Gasteiger partial charge in [-0.25, -0.2) is 9.18 Å². The van der Waals surface area contributed by atoms with E-state index in [1.165, 1.54) is 12.1 Å². The zero-order valence-corrected chi connectivity index (χ0v) is 13.7. The molecule has 1 aliphatic rings. The van der Waals surface area contributed by atoms with Gasteiger partial charge in [-0.05, 0) is 37.1 Å². The summed E-state index contributed by atoms with van der Waals surface area (Å²) < 4.78 is 13.6. The van der Waals surface area contributed by atoms with Crippen molar-refractivity contribution in [2.24, 2.45) is 5.92 Å². The van der Waals surface area contributed by atoms with Gasteiger partial charge in [0.15, 0.2) is 0 Å². The van der Waals surface area contributed by atoms with Gasteiger partial charge in [-0.3, -0.25) is 4.79 Å². The Hall–Kier alpha value is -2.89. The molecule has 2 aromatic rings. The Morgan fingerprint density at radius 3 is 2.24 bits per heavy atom. The number of nitrogens with one attached hydrogen (secondary N) is 2. The molecule has 2 aromatic carbocycles. The Bertz CT molecular complexity index is 743. The highest BCUT2D eigenvalue weighted by Crippen LogP contribution is 2.21. The summed E-state index contributed by atoms with van der Waals surface area (Å²) in [6, 6.07) is 15.2. The molecule has 1 aliphatic heterocycles. The number of nitrogens with zero attached hydrogens (tertiary/aromatic N) is 1. The van der Waals surface area contributed by atoms with Gasteiger partial charge in [-0.1, -0.05) is 30.3 Å². The molecule has 130 valence electrons. The molecule has 0 atom stereocenters. The van der Waals surface area contributed by atoms with Crippen molar-refractivity contribution < 1.29 is 14.0 Å². The second-order valence-electron chi connectivity index (χ2n) is 6.03. The average molecular weight is 341 g/mol. The number of rotatable bonds is 3. The van der Waals surface area contributed by atoms with E-state index in [-0.39, 0.29) is 23.5 Å². The van der Waals surface area contributed by atoms with Crippen LogP contribution in [0.15, 0.2) is 54.6 Å². The Balaban J connectivity index is 1.50. The van der Waals surface area contributed by atoms with E-state index in [1.807, 2.05) is 30.3 Å². The van der Waals surface area contributed by atoms with Crippen LogP contribution >= 0.6 is 0 Å². The molecule has 1 heterocycles. The lowest BCUT2D eigenvalue weighted by atomic mass is 9.96. The molecule has 3 rings (SSSR count). The molecule has 6 heteroatoms. The van der Waals surface area contributed by atoms with Crippen molar-refractivity contribution in [1.29, 1.82) is 0 Å². The van der Waals surface area contributed by atoms with Crippen LogP contribution in [0.25, 0.3) is 0 Å². The van der Waals surface area contributed by atoms with Crippen LogP contribution in [0, 0.1) is 11.7 Å². The average Bonchev–Trinajstić information content (AvgIpc) is 2.64. The number of halogens is 1. The van der Waals surface area contributed by atoms with Crippen LogP contribution in [0.5, 0.6) is 0 Å². The zero-order valence-electron chi connectivity index (χ0n) is 13.7. The first-order chi connectivity index (χ1) is 12.1. The lowest BCUT2D eigenvalue weighted by molar-refractivity contribution is -0.121. The number of benzene rings is 2. The van der Waals surface area contributed by atoms with E-state index in [0.29, 0.717) is 25.9 Å². The maximum atomic E-state index is 13.6. The van der Waals surface area contributed by atoms with Crippen molar-refractivity contribution >= 4 is 23.3 Å². The number of hydrogen-bond acceptors (Lipinski definition) is 2. The topological polar surface area (TPSA) is 61.4 Å². The van der Waals surface area contributed by atoms with Crippen LogP contribution < -0.4 is 10.6 Å². The number of piperidine rings is 1. The van der Waals surface area contributed by atoms with Crippen molar-refractivity contribution in [2.45, 2.75) is 12.8 Å². The summed E-state index contributed by atoms with van der Waals surface area (Å²) in [5.74, 6) is -0.871. The SMILES string of the molecule is O=C(Nc1ccccc1F)C1CCN(C(=O)Nc2ccccc2)CC1. The van der Waals surface area contributed by atoms with E-state index in [4.69, 9.17) is 0 Å². The number of carbonyl (C=O) groups is 2. The van der Waals surface area contributed by atoms with Gasteiger partial charge in [-0.15, -0.1) is 0 Å². The largest absolute Gasteiger partial charge is 0.324 e. The lowest BCUT2D eigenvalue weighted by Gasteiger charge is -2.31. The molecule has 2 N–H and O–H groups in total. The van der Waals surface area contributed by atoms with E-state index in [2.05, 4.69) is 10.6 Å². The van der Waals surface area contributed by atoms with Gasteiger partial charge >= 0.3 is 6.03 Å². The predicted octanol–water partition coefficient (Wildman–Crippen LogP) is 3.71. The summed E-state index contributed by atoms with van der Waals surface area (Å²) >= 11 is 0. The summed E-state index contributed by atoms with van der Waals surface area (Å²) in [6.07, 6.45) is 1.12. The summed E-state index contributed by atoms with van der Waals surface area (Å²) in [7, 11) is 0. The van der Waals surface area contributed by atoms with Crippen LogP contribution in [0.4, 0.5) is 20.6 Å². The molecule has 0 aliphatic carbocycles. The molecule has 25 heavy (non-hydrogen) atoms. The second kappa shape index (κ2) is 7.79. The van der Waals surface area contributed by atoms with Crippen LogP contribution in [-0.4, -0.2) is 29.9 Å². The van der Waals surface area contributed by atoms with Crippen molar-refractivity contribution in [1.82, 2.24) is 4.90 Å². The highest BCUT2D eigenvalue weighted by atomic mass is 19.1. The van der Waals surface area contributed by atoms with Gasteiger partial charge in [-0.2, -0.15) is 0 Å². The Labute approximate surface area is 145 Å². The van der Waals surface area contributed by atoms with Gasteiger partial charge in [0.05, 0.1) is 5.69 Å². The first-order valence-corrected chi connectivity index (χ1v) is 8.30. The first kappa shape index (κ1) is 17.0. The standard InChI is InChI=1S/C19H20FN3O2/c20-16-8-4-5-9-17(16)22-18(24)14-10-12-23(13-11-14)19(25)21-15-6-2-1-3-7-15/h1-9,14H,10-13H2,(H,21,25)(H,22,24). The molecule has 0 saturated carbocycles. The maximum Gasteiger partial charge on any atom is 0.321 e. The Kier molecular flexibility index (Phi) is 5.28. The van der Waals surface area contributed by atoms with Gasteiger partial charge in [0.1, 0.15) is 5.82 Å². The molecule has 0 spiro atoms. The number of anilines is 2. The van der Waals surface area contributed by atoms with Gasteiger partial charge in [0, 0.05) is 24.7 Å². The fourth-order valence-corrected chi connectivity index (χ4v) is 2.87. The van der Waals surface area contributed by atoms with Gasteiger partial charge < -0.3 is 15.5 Å². The molecule has 0 aromatic heterocycles. The third-order valence-electron chi connectivity index (χ3n) is 4.31. The molecular formula is C19H20FN3O2. The highest BCUT2D eigenvalue weighted by molar-refractivity contribution is 5.93. The summed E-state index contributed by atoms with van der Waals surface area (Å²) in [5.41, 5.74) is 0.934. The molecule has 1 fully saturated rings. The summed E-state index contributed by atoms with van der Waals surface area (Å²) in [4.78, 5) is 26.2. The number of likely N-dealkylation sites (tertiary alicyclic amines) is 1. The Morgan fingerprint density at radius 2 is 1.56 bits per heavy atom. The van der Waals surface area contributed by atoms with Crippen LogP contribution in [0.2, 0.25) is 0 Å². The molecule has 0 bridgehead atoms. The minimum absolute atomic E-state index is 0.167. The van der Waals surface area contributed by atoms with Crippen molar-refractivity contribution in [3.8, 4) is 0 Å². The molecule has 5 nitrogen and oxygen atoms in total. The predicted molar refractivity (Wildman–Crippen MR) is 94.8 cm³/mol. The Morgan fingerprint density at radius 1 is 0.920 bits per heavy atom. The zero-order chi connectivity index (χ0) is 17.6. The van der Waals surface area contributed by atoms with Crippen molar-refractivity contribution in [2.75, 3.05) is 23.7 Å². The molecule has 3 amide bonds. The third-order valence-corrected chi connectivity index (χ3v) is 4.31. The van der Waals surface area contributed by atoms with E-state index >= 15 is 0 Å². The van der Waals surface area contributed by atoms with E-state index in [9.17, 15) is 14.0 Å². The van der Waals surface area contributed by atoms with Crippen LogP contribution in [-0.2, 0) is 4.79 Å². The van der Waals surface area contributed by atoms with E-state index in [0.717, 1.165) is 5.69 Å². The monoisotopic (exact) mass is 341 g/mol. The smallest absolute Gasteiger partial charge is 0.321 e. The van der Waals surface area contributed by atoms with E-state index in [1.54, 1.807) is 17.0 Å². The van der Waals surface area contributed by atoms with Crippen LogP contribution in [0.3, 0.4) is 0 Å². The number of urea groups is 1. The van der Waals surface area contributed by atoms with Gasteiger partial charge in [0.2, 0.25) is 5.91 Å². The second-order valence-corrected chi connectivity index (χ2v) is 6.03. The highest BCUT2D eigenvalue weighted by Gasteiger charge is 2.27. The number of hydrogen-bond donors (Lipinski definition) is 2. The van der Waals surface area contributed by atoms with Gasteiger partial charge in [0.25, 0.3) is 0 Å². The number of amides is 3. The number of carbonyl (C=O) groups excluding carboxylic acids is 2. The molecule has 1 saturated heterocycles. The maximum absolute atomic E-state index is 13.6. The minimum Gasteiger partial charge on any atom is -0.324 e. The van der Waals surface area contributed by atoms with E-state index < -0.39 is 5.82 Å². The van der Waals surface area contributed by atoms with Crippen molar-refractivity contribution in [3.63, 3.8) is 0 Å². The third kappa shape index (κ3) is 4.35. The molecular weight excluding hydrogens is 321 g/mol. The first-order valence-electron chi connectivity index (χ1n) is 8.30.